The van der Waals surface area contributed by atoms with E-state index in [1.807, 2.05) is 48.5 Å². The van der Waals surface area contributed by atoms with Gasteiger partial charge in [0.1, 0.15) is 23.6 Å². The predicted molar refractivity (Wildman–Crippen MR) is 127 cm³/mol. The van der Waals surface area contributed by atoms with Crippen molar-refractivity contribution in [2.45, 2.75) is 12.3 Å². The molecule has 0 spiro atoms. The van der Waals surface area contributed by atoms with E-state index in [0.717, 1.165) is 5.56 Å². The molecular formula is C26H21N3O5P-. The maximum Gasteiger partial charge on any atom is 0.345 e. The van der Waals surface area contributed by atoms with Crippen LogP contribution < -0.4 is 20.7 Å². The van der Waals surface area contributed by atoms with Crippen LogP contribution in [0.3, 0.4) is 0 Å². The lowest BCUT2D eigenvalue weighted by Gasteiger charge is -2.35. The molecule has 0 saturated carbocycles. The first-order chi connectivity index (χ1) is 16.9. The monoisotopic (exact) mass is 486 g/mol. The fraction of sp³-hybridized carbons (Fsp3) is 0.0769. The summed E-state index contributed by atoms with van der Waals surface area (Å²) in [7, 11) is -5.17. The van der Waals surface area contributed by atoms with E-state index in [2.05, 4.69) is 5.10 Å². The smallest absolute Gasteiger partial charge is 0.345 e. The highest BCUT2D eigenvalue weighted by atomic mass is 31.2. The summed E-state index contributed by atoms with van der Waals surface area (Å²) >= 11 is 0. The molecule has 0 saturated heterocycles. The molecule has 2 N–H and O–H groups in total. The second-order valence-electron chi connectivity index (χ2n) is 8.11. The number of fused-ring (bicyclic) bond motifs is 1. The van der Waals surface area contributed by atoms with Gasteiger partial charge in [0.15, 0.2) is 0 Å². The summed E-state index contributed by atoms with van der Waals surface area (Å²) in [5.41, 5.74) is 1.54. The van der Waals surface area contributed by atoms with Crippen LogP contribution in [0, 0.1) is 0 Å². The van der Waals surface area contributed by atoms with Gasteiger partial charge in [-0.3, -0.25) is 0 Å². The molecule has 2 heterocycles. The molecule has 1 atom stereocenters. The second-order valence-corrected chi connectivity index (χ2v) is 9.74. The van der Waals surface area contributed by atoms with Gasteiger partial charge >= 0.3 is 5.63 Å². The summed E-state index contributed by atoms with van der Waals surface area (Å²) in [6, 6.07) is 26.9. The molecule has 5 aromatic rings. The normalized spacial score (nSPS) is 12.6. The van der Waals surface area contributed by atoms with Crippen molar-refractivity contribution in [1.29, 1.82) is 0 Å². The minimum atomic E-state index is -5.17. The molecule has 35 heavy (non-hydrogen) atoms. The van der Waals surface area contributed by atoms with Crippen molar-refractivity contribution in [1.82, 2.24) is 9.78 Å². The van der Waals surface area contributed by atoms with Crippen LogP contribution in [0.5, 0.6) is 0 Å². The Bertz CT molecular complexity index is 1580. The summed E-state index contributed by atoms with van der Waals surface area (Å²) in [4.78, 5) is 37.9. The molecule has 0 radical (unpaired) electrons. The van der Waals surface area contributed by atoms with E-state index >= 15 is 0 Å². The van der Waals surface area contributed by atoms with Gasteiger partial charge in [0, 0.05) is 17.1 Å². The van der Waals surface area contributed by atoms with Gasteiger partial charge in [-0.2, -0.15) is 5.10 Å². The molecule has 0 fully saturated rings. The van der Waals surface area contributed by atoms with Gasteiger partial charge in [-0.15, -0.1) is 0 Å². The largest absolute Gasteiger partial charge is 0.806 e. The Kier molecular flexibility index (Phi) is 6.19. The van der Waals surface area contributed by atoms with E-state index in [9.17, 15) is 19.1 Å². The first-order valence-corrected chi connectivity index (χ1v) is 12.6. The molecule has 0 bridgehead atoms. The van der Waals surface area contributed by atoms with Gasteiger partial charge in [0.05, 0.1) is 16.8 Å². The average Bonchev–Trinajstić information content (AvgIpc) is 3.29. The molecule has 3 aromatic carbocycles. The minimum absolute atomic E-state index is 0.0833. The summed E-state index contributed by atoms with van der Waals surface area (Å²) < 4.78 is 19.4. The van der Waals surface area contributed by atoms with Crippen LogP contribution in [0.4, 0.5) is 0 Å². The van der Waals surface area contributed by atoms with E-state index in [1.54, 1.807) is 42.5 Å². The Morgan fingerprint density at radius 2 is 1.60 bits per heavy atom. The Labute approximate surface area is 200 Å². The van der Waals surface area contributed by atoms with Gasteiger partial charge in [0.25, 0.3) is 0 Å². The van der Waals surface area contributed by atoms with Crippen molar-refractivity contribution in [3.05, 3.63) is 119 Å². The Morgan fingerprint density at radius 1 is 0.943 bits per heavy atom. The van der Waals surface area contributed by atoms with Crippen LogP contribution >= 0.6 is 7.60 Å². The van der Waals surface area contributed by atoms with Crippen molar-refractivity contribution in [2.24, 2.45) is 0 Å². The molecule has 176 valence electrons. The number of quaternary nitrogens is 1. The first-order valence-electron chi connectivity index (χ1n) is 11.0. The van der Waals surface area contributed by atoms with Crippen LogP contribution in [0.1, 0.15) is 16.9 Å². The van der Waals surface area contributed by atoms with Gasteiger partial charge in [0.2, 0.25) is 0 Å². The highest BCUT2D eigenvalue weighted by Crippen LogP contribution is 2.42. The zero-order valence-corrected chi connectivity index (χ0v) is 19.4. The number of para-hydroxylation sites is 2. The summed E-state index contributed by atoms with van der Waals surface area (Å²) in [6.45, 7) is 0.252. The molecule has 0 unspecified atom stereocenters. The molecule has 0 aliphatic heterocycles. The number of nitrogens with zero attached hydrogens (tertiary/aromatic N) is 2. The quantitative estimate of drug-likeness (QED) is 0.278. The van der Waals surface area contributed by atoms with Gasteiger partial charge < -0.3 is 24.1 Å². The Hall–Kier alpha value is -3.81. The Balaban J connectivity index is 1.67. The van der Waals surface area contributed by atoms with Crippen LogP contribution in [0.2, 0.25) is 0 Å². The van der Waals surface area contributed by atoms with Crippen molar-refractivity contribution < 1.29 is 24.1 Å². The van der Waals surface area contributed by atoms with E-state index in [4.69, 9.17) is 4.42 Å². The lowest BCUT2D eigenvalue weighted by Crippen LogP contribution is -2.84. The first kappa shape index (κ1) is 23.0. The Morgan fingerprint density at radius 3 is 2.31 bits per heavy atom. The standard InChI is InChI=1S/C26H22N3O5P/c30-26-21(15-19-11-7-8-14-23(19)34-26)24-22(17-29(28-24)20-12-5-2-6-13-20)25(35(31,32)33)27-16-18-9-3-1-4-10-18/h1-15,17,25,27H,16H2,(H2,31,32,33)/p-1/t25-/m1/s1. The van der Waals surface area contributed by atoms with E-state index < -0.39 is 19.0 Å². The van der Waals surface area contributed by atoms with Crippen molar-refractivity contribution in [2.75, 3.05) is 0 Å². The summed E-state index contributed by atoms with van der Waals surface area (Å²) in [6.07, 6.45) is 1.49. The molecule has 2 aromatic heterocycles. The summed E-state index contributed by atoms with van der Waals surface area (Å²) in [5.74, 6) is -1.50. The minimum Gasteiger partial charge on any atom is -0.806 e. The van der Waals surface area contributed by atoms with Gasteiger partial charge in [-0.1, -0.05) is 66.7 Å². The molecule has 8 nitrogen and oxygen atoms in total. The molecule has 0 aliphatic carbocycles. The van der Waals surface area contributed by atoms with Crippen molar-refractivity contribution in [3.63, 3.8) is 0 Å². The fourth-order valence-corrected chi connectivity index (χ4v) is 4.93. The SMILES string of the molecule is O=c1oc2ccccc2cc1-c1nn(-c2ccccc2)cc1[C@H]([NH2+]Cc1ccccc1)P(=O)([O-])[O-]. The van der Waals surface area contributed by atoms with Crippen molar-refractivity contribution >= 4 is 18.6 Å². The zero-order valence-electron chi connectivity index (χ0n) is 18.5. The highest BCUT2D eigenvalue weighted by molar-refractivity contribution is 7.48. The van der Waals surface area contributed by atoms with E-state index in [1.165, 1.54) is 16.2 Å². The average molecular weight is 486 g/mol. The molecule has 5 rings (SSSR count). The van der Waals surface area contributed by atoms with E-state index in [0.29, 0.717) is 16.7 Å². The zero-order chi connectivity index (χ0) is 24.4. The highest BCUT2D eigenvalue weighted by Gasteiger charge is 2.28. The molecule has 0 amide bonds. The van der Waals surface area contributed by atoms with Crippen LogP contribution in [-0.2, 0) is 11.1 Å². The number of rotatable bonds is 7. The van der Waals surface area contributed by atoms with Crippen LogP contribution in [-0.4, -0.2) is 9.78 Å². The van der Waals surface area contributed by atoms with Crippen LogP contribution in [0.15, 0.2) is 106 Å². The van der Waals surface area contributed by atoms with Crippen molar-refractivity contribution in [3.8, 4) is 16.9 Å². The maximum absolute atomic E-state index is 12.9. The number of hydrogen-bond acceptors (Lipinski definition) is 6. The second kappa shape index (κ2) is 9.44. The van der Waals surface area contributed by atoms with Gasteiger partial charge in [-0.05, 0) is 31.9 Å². The topological polar surface area (TPSA) is 128 Å². The lowest BCUT2D eigenvalue weighted by atomic mass is 10.1. The predicted octanol–water partition coefficient (Wildman–Crippen LogP) is 2.32. The lowest BCUT2D eigenvalue weighted by molar-refractivity contribution is -0.699. The van der Waals surface area contributed by atoms with Gasteiger partial charge in [-0.25, -0.2) is 9.48 Å². The molecular weight excluding hydrogens is 465 g/mol. The molecule has 9 heteroatoms. The number of nitrogens with two attached hydrogens (primary N) is 1. The number of hydrogen-bond donors (Lipinski definition) is 1. The van der Waals surface area contributed by atoms with E-state index in [-0.39, 0.29) is 23.4 Å². The number of aromatic nitrogens is 2. The third-order valence-electron chi connectivity index (χ3n) is 5.74. The summed E-state index contributed by atoms with van der Waals surface area (Å²) in [5, 5.41) is 6.65. The molecule has 0 aliphatic rings. The van der Waals surface area contributed by atoms with Crippen LogP contribution in [0.25, 0.3) is 27.9 Å². The fourth-order valence-electron chi connectivity index (χ4n) is 4.04. The number of benzene rings is 3. The third-order valence-corrected chi connectivity index (χ3v) is 6.91. The third kappa shape index (κ3) is 4.87. The maximum atomic E-state index is 12.9.